The van der Waals surface area contributed by atoms with E-state index in [0.29, 0.717) is 35.1 Å². The van der Waals surface area contributed by atoms with Crippen molar-refractivity contribution in [3.63, 3.8) is 0 Å². The van der Waals surface area contributed by atoms with Crippen LogP contribution in [0.5, 0.6) is 0 Å². The minimum absolute atomic E-state index is 0.0757. The predicted octanol–water partition coefficient (Wildman–Crippen LogP) is 4.24. The summed E-state index contributed by atoms with van der Waals surface area (Å²) in [5.41, 5.74) is 1.87. The van der Waals surface area contributed by atoms with Crippen molar-refractivity contribution >= 4 is 34.9 Å². The van der Waals surface area contributed by atoms with Crippen LogP contribution < -0.4 is 10.2 Å². The highest BCUT2D eigenvalue weighted by atomic mass is 35.5. The van der Waals surface area contributed by atoms with Crippen LogP contribution in [0.3, 0.4) is 0 Å². The quantitative estimate of drug-likeness (QED) is 0.692. The second-order valence-electron chi connectivity index (χ2n) is 6.41. The van der Waals surface area contributed by atoms with E-state index in [2.05, 4.69) is 12.2 Å². The molecule has 6 nitrogen and oxygen atoms in total. The third-order valence-electron chi connectivity index (χ3n) is 4.34. The molecule has 0 atom stereocenters. The van der Waals surface area contributed by atoms with E-state index in [9.17, 15) is 9.59 Å². The van der Waals surface area contributed by atoms with Crippen molar-refractivity contribution in [2.75, 3.05) is 37.0 Å². The second-order valence-corrected chi connectivity index (χ2v) is 6.85. The van der Waals surface area contributed by atoms with Crippen molar-refractivity contribution in [1.29, 1.82) is 0 Å². The summed E-state index contributed by atoms with van der Waals surface area (Å²) in [6.07, 6.45) is 1.85. The average Bonchev–Trinajstić information content (AvgIpc) is 2.71. The average molecular weight is 404 g/mol. The first-order chi connectivity index (χ1) is 13.5. The largest absolute Gasteiger partial charge is 0.395 e. The van der Waals surface area contributed by atoms with E-state index in [1.165, 1.54) is 4.90 Å². The molecule has 2 aromatic carbocycles. The van der Waals surface area contributed by atoms with Gasteiger partial charge in [0.15, 0.2) is 0 Å². The van der Waals surface area contributed by atoms with E-state index in [-0.39, 0.29) is 18.5 Å². The van der Waals surface area contributed by atoms with Crippen molar-refractivity contribution in [1.82, 2.24) is 4.90 Å². The number of rotatable bonds is 8. The molecule has 0 aliphatic rings. The number of hydrogen-bond acceptors (Lipinski definition) is 3. The second kappa shape index (κ2) is 10.7. The molecule has 0 saturated carbocycles. The Hall–Kier alpha value is -2.57. The summed E-state index contributed by atoms with van der Waals surface area (Å²) < 4.78 is 0. The number of anilines is 2. The topological polar surface area (TPSA) is 72.9 Å². The van der Waals surface area contributed by atoms with E-state index in [1.54, 1.807) is 60.5 Å². The van der Waals surface area contributed by atoms with E-state index in [0.717, 1.165) is 12.8 Å². The molecular formula is C21H26ClN3O3. The number of nitrogens with zero attached hydrogens (tertiary/aromatic N) is 2. The number of aliphatic hydroxyl groups is 1. The minimum atomic E-state index is -0.249. The summed E-state index contributed by atoms with van der Waals surface area (Å²) in [4.78, 5) is 28.1. The maximum atomic E-state index is 12.6. The number of amides is 3. The Morgan fingerprint density at radius 1 is 1.04 bits per heavy atom. The maximum Gasteiger partial charge on any atom is 0.321 e. The Labute approximate surface area is 170 Å². The van der Waals surface area contributed by atoms with Crippen LogP contribution in [0.4, 0.5) is 16.2 Å². The Morgan fingerprint density at radius 2 is 1.68 bits per heavy atom. The Bertz CT molecular complexity index is 778. The summed E-state index contributed by atoms with van der Waals surface area (Å²) in [7, 11) is 1.69. The Kier molecular flexibility index (Phi) is 8.29. The van der Waals surface area contributed by atoms with Crippen LogP contribution in [0.25, 0.3) is 0 Å². The molecule has 0 bridgehead atoms. The number of urea groups is 1. The molecule has 7 heteroatoms. The molecular weight excluding hydrogens is 378 g/mol. The van der Waals surface area contributed by atoms with Gasteiger partial charge in [-0.15, -0.1) is 0 Å². The van der Waals surface area contributed by atoms with Crippen molar-refractivity contribution in [3.05, 3.63) is 59.1 Å². The van der Waals surface area contributed by atoms with Crippen LogP contribution in [0.15, 0.2) is 48.5 Å². The lowest BCUT2D eigenvalue weighted by molar-refractivity contribution is 0.0993. The number of benzene rings is 2. The molecule has 2 N–H and O–H groups in total. The normalized spacial score (nSPS) is 10.4. The molecule has 3 amide bonds. The van der Waals surface area contributed by atoms with Gasteiger partial charge >= 0.3 is 6.03 Å². The van der Waals surface area contributed by atoms with Gasteiger partial charge in [0.2, 0.25) is 0 Å². The fourth-order valence-corrected chi connectivity index (χ4v) is 2.78. The monoisotopic (exact) mass is 403 g/mol. The van der Waals surface area contributed by atoms with Gasteiger partial charge in [0.1, 0.15) is 0 Å². The van der Waals surface area contributed by atoms with Gasteiger partial charge in [-0.25, -0.2) is 4.79 Å². The van der Waals surface area contributed by atoms with Crippen LogP contribution in [-0.4, -0.2) is 48.7 Å². The number of carbonyl (C=O) groups is 2. The lowest BCUT2D eigenvalue weighted by Crippen LogP contribution is -2.37. The van der Waals surface area contributed by atoms with Gasteiger partial charge in [0.05, 0.1) is 6.61 Å². The van der Waals surface area contributed by atoms with E-state index in [1.807, 2.05) is 0 Å². The summed E-state index contributed by atoms with van der Waals surface area (Å²) >= 11 is 5.87. The highest BCUT2D eigenvalue weighted by Gasteiger charge is 2.15. The number of carbonyl (C=O) groups excluding carboxylic acids is 2. The first kappa shape index (κ1) is 21.7. The van der Waals surface area contributed by atoms with Crippen molar-refractivity contribution in [2.45, 2.75) is 19.8 Å². The molecule has 28 heavy (non-hydrogen) atoms. The number of aliphatic hydroxyl groups excluding tert-OH is 1. The van der Waals surface area contributed by atoms with Gasteiger partial charge in [0, 0.05) is 42.1 Å². The lowest BCUT2D eigenvalue weighted by atomic mass is 10.2. The van der Waals surface area contributed by atoms with Crippen LogP contribution in [-0.2, 0) is 0 Å². The number of unbranched alkanes of at least 4 members (excludes halogenated alkanes) is 1. The zero-order chi connectivity index (χ0) is 20.5. The molecule has 0 radical (unpaired) electrons. The first-order valence-electron chi connectivity index (χ1n) is 9.26. The maximum absolute atomic E-state index is 12.6. The van der Waals surface area contributed by atoms with Gasteiger partial charge < -0.3 is 20.2 Å². The van der Waals surface area contributed by atoms with Crippen molar-refractivity contribution < 1.29 is 14.7 Å². The molecule has 2 aromatic rings. The molecule has 0 heterocycles. The van der Waals surface area contributed by atoms with Crippen molar-refractivity contribution in [2.24, 2.45) is 0 Å². The van der Waals surface area contributed by atoms with Gasteiger partial charge in [-0.05, 0) is 55.0 Å². The fourth-order valence-electron chi connectivity index (χ4n) is 2.66. The molecule has 0 saturated heterocycles. The highest BCUT2D eigenvalue weighted by molar-refractivity contribution is 6.30. The molecule has 2 rings (SSSR count). The molecule has 0 aromatic heterocycles. The van der Waals surface area contributed by atoms with Crippen LogP contribution in [0.2, 0.25) is 5.02 Å². The highest BCUT2D eigenvalue weighted by Crippen LogP contribution is 2.20. The fraction of sp³-hybridized carbons (Fsp3) is 0.333. The van der Waals surface area contributed by atoms with E-state index < -0.39 is 0 Å². The Balaban J connectivity index is 2.02. The SMILES string of the molecule is CCCCN(CCO)C(=O)Nc1ccc(N(C)C(=O)c2ccc(Cl)cc2)cc1. The van der Waals surface area contributed by atoms with Gasteiger partial charge in [0.25, 0.3) is 5.91 Å². The molecule has 150 valence electrons. The molecule has 0 fully saturated rings. The van der Waals surface area contributed by atoms with E-state index in [4.69, 9.17) is 16.7 Å². The van der Waals surface area contributed by atoms with Crippen LogP contribution in [0, 0.1) is 0 Å². The molecule has 0 unspecified atom stereocenters. The van der Waals surface area contributed by atoms with Crippen LogP contribution >= 0.6 is 11.6 Å². The number of halogens is 1. The Morgan fingerprint density at radius 3 is 2.25 bits per heavy atom. The molecule has 0 aliphatic heterocycles. The molecule has 0 spiro atoms. The molecule has 0 aliphatic carbocycles. The summed E-state index contributed by atoms with van der Waals surface area (Å²) in [6.45, 7) is 2.87. The van der Waals surface area contributed by atoms with Gasteiger partial charge in [-0.3, -0.25) is 4.79 Å². The summed E-state index contributed by atoms with van der Waals surface area (Å²) in [5, 5.41) is 12.5. The summed E-state index contributed by atoms with van der Waals surface area (Å²) in [6, 6.07) is 13.5. The van der Waals surface area contributed by atoms with Crippen LogP contribution in [0.1, 0.15) is 30.1 Å². The zero-order valence-electron chi connectivity index (χ0n) is 16.2. The van der Waals surface area contributed by atoms with Gasteiger partial charge in [-0.2, -0.15) is 0 Å². The van der Waals surface area contributed by atoms with E-state index >= 15 is 0 Å². The van der Waals surface area contributed by atoms with Gasteiger partial charge in [-0.1, -0.05) is 24.9 Å². The lowest BCUT2D eigenvalue weighted by Gasteiger charge is -2.22. The first-order valence-corrected chi connectivity index (χ1v) is 9.64. The number of nitrogens with one attached hydrogen (secondary N) is 1. The smallest absolute Gasteiger partial charge is 0.321 e. The number of hydrogen-bond donors (Lipinski definition) is 2. The summed E-state index contributed by atoms with van der Waals surface area (Å²) in [5.74, 6) is -0.151. The predicted molar refractivity (Wildman–Crippen MR) is 113 cm³/mol. The standard InChI is InChI=1S/C21H26ClN3O3/c1-3-4-13-25(14-15-26)21(28)23-18-9-11-19(12-10-18)24(2)20(27)16-5-7-17(22)8-6-16/h5-12,26H,3-4,13-15H2,1-2H3,(H,23,28). The minimum Gasteiger partial charge on any atom is -0.395 e. The van der Waals surface area contributed by atoms with Crippen molar-refractivity contribution in [3.8, 4) is 0 Å². The zero-order valence-corrected chi connectivity index (χ0v) is 16.9. The third kappa shape index (κ3) is 5.97. The third-order valence-corrected chi connectivity index (χ3v) is 4.59.